The van der Waals surface area contributed by atoms with E-state index in [0.717, 1.165) is 12.1 Å². The lowest BCUT2D eigenvalue weighted by Crippen LogP contribution is -2.34. The number of carbonyl (C=O) groups excluding carboxylic acids is 1. The van der Waals surface area contributed by atoms with Gasteiger partial charge in [-0.1, -0.05) is 25.4 Å². The zero-order valence-electron chi connectivity index (χ0n) is 11.3. The van der Waals surface area contributed by atoms with Crippen LogP contribution in [0.5, 0.6) is 0 Å². The molecule has 10 heteroatoms. The molecular weight excluding hydrogens is 322 g/mol. The number of benzene rings is 1. The fraction of sp³-hybridized carbons (Fsp3) is 0.364. The van der Waals surface area contributed by atoms with E-state index in [9.17, 15) is 23.3 Å². The summed E-state index contributed by atoms with van der Waals surface area (Å²) in [4.78, 5) is 21.1. The molecule has 1 aromatic carbocycles. The highest BCUT2D eigenvalue weighted by atomic mass is 35.5. The number of nitro benzene ring substituents is 1. The summed E-state index contributed by atoms with van der Waals surface area (Å²) in [5.74, 6) is -1.24. The molecule has 0 heterocycles. The van der Waals surface area contributed by atoms with E-state index < -0.39 is 37.4 Å². The van der Waals surface area contributed by atoms with Gasteiger partial charge in [-0.25, -0.2) is 13.1 Å². The number of nitrogens with zero attached hydrogens (tertiary/aromatic N) is 1. The second kappa shape index (κ2) is 6.27. The van der Waals surface area contributed by atoms with E-state index in [1.54, 1.807) is 13.8 Å². The summed E-state index contributed by atoms with van der Waals surface area (Å²) in [5.41, 5.74) is 4.53. The fourth-order valence-electron chi connectivity index (χ4n) is 1.40. The van der Waals surface area contributed by atoms with Crippen LogP contribution < -0.4 is 10.5 Å². The molecule has 1 atom stereocenters. The maximum Gasteiger partial charge on any atom is 0.293 e. The molecule has 0 bridgehead atoms. The lowest BCUT2D eigenvalue weighted by Gasteiger charge is -2.12. The normalized spacial score (nSPS) is 12.7. The zero-order valence-corrected chi connectivity index (χ0v) is 12.9. The smallest absolute Gasteiger partial charge is 0.293 e. The van der Waals surface area contributed by atoms with E-state index >= 15 is 0 Å². The number of rotatable bonds is 5. The number of carbonyl (C=O) groups is 1. The summed E-state index contributed by atoms with van der Waals surface area (Å²) in [5, 5.41) is 10.5. The van der Waals surface area contributed by atoms with E-state index in [1.165, 1.54) is 0 Å². The number of nitrogens with one attached hydrogen (secondary N) is 1. The molecule has 0 fully saturated rings. The number of hydrogen-bond acceptors (Lipinski definition) is 6. The second-order valence-corrected chi connectivity index (χ2v) is 6.44. The van der Waals surface area contributed by atoms with Crippen LogP contribution in [0.2, 0.25) is 5.02 Å². The molecule has 1 rings (SSSR count). The molecule has 1 unspecified atom stereocenters. The van der Waals surface area contributed by atoms with Crippen LogP contribution in [0.25, 0.3) is 0 Å². The van der Waals surface area contributed by atoms with Crippen molar-refractivity contribution in [2.45, 2.75) is 25.2 Å². The number of amides is 1. The van der Waals surface area contributed by atoms with Crippen molar-refractivity contribution in [2.24, 2.45) is 5.92 Å². The van der Waals surface area contributed by atoms with Gasteiger partial charge in [-0.15, -0.1) is 0 Å². The quantitative estimate of drug-likeness (QED) is 0.478. The zero-order chi connectivity index (χ0) is 16.4. The van der Waals surface area contributed by atoms with Crippen LogP contribution in [-0.2, 0) is 14.8 Å². The molecule has 0 saturated carbocycles. The van der Waals surface area contributed by atoms with E-state index in [-0.39, 0.29) is 10.7 Å². The van der Waals surface area contributed by atoms with Crippen molar-refractivity contribution in [2.75, 3.05) is 5.73 Å². The van der Waals surface area contributed by atoms with Crippen molar-refractivity contribution in [1.29, 1.82) is 0 Å². The predicted molar refractivity (Wildman–Crippen MR) is 77.3 cm³/mol. The number of anilines is 1. The van der Waals surface area contributed by atoms with Crippen molar-refractivity contribution in [3.63, 3.8) is 0 Å². The van der Waals surface area contributed by atoms with Crippen LogP contribution in [0.3, 0.4) is 0 Å². The Balaban J connectivity index is 3.29. The Kier molecular flexibility index (Phi) is 5.13. The molecule has 0 radical (unpaired) electrons. The summed E-state index contributed by atoms with van der Waals surface area (Å²) in [6.07, 6.45) is 0.441. The minimum Gasteiger partial charge on any atom is -0.393 e. The maximum absolute atomic E-state index is 12.1. The van der Waals surface area contributed by atoms with Crippen molar-refractivity contribution < 1.29 is 18.1 Å². The third kappa shape index (κ3) is 3.82. The average Bonchev–Trinajstić information content (AvgIpc) is 2.36. The van der Waals surface area contributed by atoms with Gasteiger partial charge in [0.1, 0.15) is 10.6 Å². The number of nitro groups is 1. The van der Waals surface area contributed by atoms with Crippen LogP contribution in [-0.4, -0.2) is 19.2 Å². The van der Waals surface area contributed by atoms with Crippen LogP contribution in [0, 0.1) is 16.0 Å². The number of nitrogen functional groups attached to an aromatic ring is 1. The van der Waals surface area contributed by atoms with Gasteiger partial charge in [-0.05, 0) is 12.5 Å². The maximum atomic E-state index is 12.1. The van der Waals surface area contributed by atoms with Crippen LogP contribution in [0.15, 0.2) is 17.0 Å². The van der Waals surface area contributed by atoms with Gasteiger partial charge in [0.05, 0.1) is 9.95 Å². The molecular formula is C11H14ClN3O5S. The molecule has 0 aliphatic rings. The Morgan fingerprint density at radius 2 is 2.10 bits per heavy atom. The number of nitrogens with two attached hydrogens (primary N) is 1. The van der Waals surface area contributed by atoms with Gasteiger partial charge < -0.3 is 5.73 Å². The molecule has 3 N–H and O–H groups in total. The van der Waals surface area contributed by atoms with Crippen molar-refractivity contribution in [3.05, 3.63) is 27.3 Å². The lowest BCUT2D eigenvalue weighted by atomic mass is 10.1. The minimum atomic E-state index is -4.31. The van der Waals surface area contributed by atoms with Gasteiger partial charge >= 0.3 is 0 Å². The third-order valence-electron chi connectivity index (χ3n) is 2.86. The highest BCUT2D eigenvalue weighted by molar-refractivity contribution is 7.90. The molecule has 0 aromatic heterocycles. The topological polar surface area (TPSA) is 132 Å². The average molecular weight is 336 g/mol. The van der Waals surface area contributed by atoms with E-state index in [4.69, 9.17) is 17.3 Å². The molecule has 8 nitrogen and oxygen atoms in total. The van der Waals surface area contributed by atoms with Gasteiger partial charge in [-0.3, -0.25) is 14.9 Å². The second-order valence-electron chi connectivity index (χ2n) is 4.38. The molecule has 0 spiro atoms. The van der Waals surface area contributed by atoms with Gasteiger partial charge in [-0.2, -0.15) is 0 Å². The minimum absolute atomic E-state index is 0.266. The molecule has 1 amide bonds. The van der Waals surface area contributed by atoms with Gasteiger partial charge in [0.2, 0.25) is 5.91 Å². The van der Waals surface area contributed by atoms with Crippen molar-refractivity contribution in [1.82, 2.24) is 4.72 Å². The fourth-order valence-corrected chi connectivity index (χ4v) is 3.03. The van der Waals surface area contributed by atoms with Gasteiger partial charge in [0.15, 0.2) is 0 Å². The summed E-state index contributed by atoms with van der Waals surface area (Å²) in [6, 6.07) is 1.69. The Hall–Kier alpha value is -1.87. The molecule has 116 valence electrons. The first-order chi connectivity index (χ1) is 9.60. The first-order valence-electron chi connectivity index (χ1n) is 5.90. The Labute approximate surface area is 126 Å². The summed E-state index contributed by atoms with van der Waals surface area (Å²) < 4.78 is 26.0. The summed E-state index contributed by atoms with van der Waals surface area (Å²) in [6.45, 7) is 3.27. The molecule has 0 aliphatic heterocycles. The first-order valence-corrected chi connectivity index (χ1v) is 7.76. The van der Waals surface area contributed by atoms with E-state index in [1.807, 2.05) is 4.72 Å². The van der Waals surface area contributed by atoms with Crippen molar-refractivity contribution >= 4 is 38.9 Å². The standard InChI is InChI=1S/C11H14ClN3O5S/c1-3-6(2)11(16)14-21(19,20)10-5-9(15(17)18)8(13)4-7(10)12/h4-6H,3,13H2,1-2H3,(H,14,16). The lowest BCUT2D eigenvalue weighted by molar-refractivity contribution is -0.384. The first kappa shape index (κ1) is 17.2. The highest BCUT2D eigenvalue weighted by Gasteiger charge is 2.27. The van der Waals surface area contributed by atoms with Crippen LogP contribution >= 0.6 is 11.6 Å². The molecule has 1 aromatic rings. The number of sulfonamides is 1. The van der Waals surface area contributed by atoms with Gasteiger partial charge in [0, 0.05) is 12.0 Å². The highest BCUT2D eigenvalue weighted by Crippen LogP contribution is 2.31. The Morgan fingerprint density at radius 1 is 1.52 bits per heavy atom. The van der Waals surface area contributed by atoms with Crippen LogP contribution in [0.4, 0.5) is 11.4 Å². The number of hydrogen-bond donors (Lipinski definition) is 2. The van der Waals surface area contributed by atoms with Crippen LogP contribution in [0.1, 0.15) is 20.3 Å². The monoisotopic (exact) mass is 335 g/mol. The van der Waals surface area contributed by atoms with Gasteiger partial charge in [0.25, 0.3) is 15.7 Å². The Bertz CT molecular complexity index is 689. The largest absolute Gasteiger partial charge is 0.393 e. The van der Waals surface area contributed by atoms with E-state index in [2.05, 4.69) is 0 Å². The van der Waals surface area contributed by atoms with E-state index in [0.29, 0.717) is 6.42 Å². The Morgan fingerprint density at radius 3 is 2.57 bits per heavy atom. The third-order valence-corrected chi connectivity index (χ3v) is 4.67. The SMILES string of the molecule is CCC(C)C(=O)NS(=O)(=O)c1cc([N+](=O)[O-])c(N)cc1Cl. The summed E-state index contributed by atoms with van der Waals surface area (Å²) >= 11 is 5.75. The molecule has 0 saturated heterocycles. The predicted octanol–water partition coefficient (Wildman–Crippen LogP) is 1.68. The molecule has 0 aliphatic carbocycles. The van der Waals surface area contributed by atoms with Crippen molar-refractivity contribution in [3.8, 4) is 0 Å². The summed E-state index contributed by atoms with van der Waals surface area (Å²) in [7, 11) is -4.31. The molecule has 21 heavy (non-hydrogen) atoms. The number of halogens is 1.